The zero-order valence-electron chi connectivity index (χ0n) is 13.3. The van der Waals surface area contributed by atoms with Crippen LogP contribution in [0.25, 0.3) is 10.7 Å². The molecular formula is C18H15ClFN3OS. The van der Waals surface area contributed by atoms with Crippen molar-refractivity contribution >= 4 is 22.9 Å². The van der Waals surface area contributed by atoms with E-state index in [2.05, 4.69) is 14.9 Å². The van der Waals surface area contributed by atoms with Crippen molar-refractivity contribution < 1.29 is 4.39 Å². The molecule has 2 aromatic heterocycles. The summed E-state index contributed by atoms with van der Waals surface area (Å²) in [6.07, 6.45) is 0.640. The Morgan fingerprint density at radius 3 is 3.00 bits per heavy atom. The van der Waals surface area contributed by atoms with Crippen LogP contribution in [-0.4, -0.2) is 21.4 Å². The normalized spacial score (nSPS) is 14.5. The third-order valence-corrected chi connectivity index (χ3v) is 5.54. The van der Waals surface area contributed by atoms with Crippen molar-refractivity contribution in [3.63, 3.8) is 0 Å². The molecule has 1 aliphatic rings. The summed E-state index contributed by atoms with van der Waals surface area (Å²) in [6, 6.07) is 8.32. The van der Waals surface area contributed by atoms with Crippen LogP contribution in [0.4, 0.5) is 4.39 Å². The average molecular weight is 376 g/mol. The highest BCUT2D eigenvalue weighted by Gasteiger charge is 2.22. The number of H-pyrrole nitrogens is 1. The standard InChI is InChI=1S/C18H15ClFN3OS/c19-14-8-12(20)4-3-11(14)9-23-6-5-13-15(10-23)21-17(22-18(13)24)16-2-1-7-25-16/h1-4,7-8H,5-6,9-10H2,(H,21,22,24). The summed E-state index contributed by atoms with van der Waals surface area (Å²) < 4.78 is 13.2. The number of thiophene rings is 1. The van der Waals surface area contributed by atoms with E-state index < -0.39 is 0 Å². The molecule has 1 N–H and O–H groups in total. The van der Waals surface area contributed by atoms with Gasteiger partial charge in [0.1, 0.15) is 5.82 Å². The van der Waals surface area contributed by atoms with E-state index in [4.69, 9.17) is 11.6 Å². The summed E-state index contributed by atoms with van der Waals surface area (Å²) in [7, 11) is 0. The van der Waals surface area contributed by atoms with Gasteiger partial charge in [-0.05, 0) is 35.6 Å². The van der Waals surface area contributed by atoms with E-state index >= 15 is 0 Å². The molecule has 0 saturated carbocycles. The van der Waals surface area contributed by atoms with Gasteiger partial charge in [-0.25, -0.2) is 9.37 Å². The molecule has 0 unspecified atom stereocenters. The van der Waals surface area contributed by atoms with Crippen molar-refractivity contribution in [1.82, 2.24) is 14.9 Å². The average Bonchev–Trinajstić information content (AvgIpc) is 3.12. The van der Waals surface area contributed by atoms with E-state index in [0.29, 0.717) is 30.4 Å². The lowest BCUT2D eigenvalue weighted by Crippen LogP contribution is -2.35. The van der Waals surface area contributed by atoms with Gasteiger partial charge in [-0.2, -0.15) is 0 Å². The zero-order chi connectivity index (χ0) is 17.4. The number of aromatic amines is 1. The van der Waals surface area contributed by atoms with Gasteiger partial charge in [0.2, 0.25) is 0 Å². The molecule has 0 spiro atoms. The largest absolute Gasteiger partial charge is 0.306 e. The highest BCUT2D eigenvalue weighted by atomic mass is 35.5. The van der Waals surface area contributed by atoms with Crippen molar-refractivity contribution in [3.8, 4) is 10.7 Å². The molecule has 25 heavy (non-hydrogen) atoms. The summed E-state index contributed by atoms with van der Waals surface area (Å²) in [5.41, 5.74) is 2.36. The van der Waals surface area contributed by atoms with E-state index in [9.17, 15) is 9.18 Å². The molecule has 0 aliphatic carbocycles. The third kappa shape index (κ3) is 3.38. The molecule has 3 heterocycles. The maximum Gasteiger partial charge on any atom is 0.254 e. The maximum atomic E-state index is 13.2. The molecule has 0 atom stereocenters. The number of rotatable bonds is 3. The number of hydrogen-bond acceptors (Lipinski definition) is 4. The Balaban J connectivity index is 1.61. The first-order valence-corrected chi connectivity index (χ1v) is 9.18. The lowest BCUT2D eigenvalue weighted by molar-refractivity contribution is 0.240. The van der Waals surface area contributed by atoms with Crippen LogP contribution in [0.1, 0.15) is 16.8 Å². The molecule has 4 nitrogen and oxygen atoms in total. The van der Waals surface area contributed by atoms with Crippen LogP contribution in [0, 0.1) is 5.82 Å². The van der Waals surface area contributed by atoms with Gasteiger partial charge in [0.25, 0.3) is 5.56 Å². The lowest BCUT2D eigenvalue weighted by atomic mass is 10.1. The number of halogens is 2. The maximum absolute atomic E-state index is 13.2. The minimum absolute atomic E-state index is 0.0622. The Morgan fingerprint density at radius 1 is 1.36 bits per heavy atom. The van der Waals surface area contributed by atoms with Gasteiger partial charge in [0.15, 0.2) is 5.82 Å². The molecule has 0 bridgehead atoms. The molecular weight excluding hydrogens is 361 g/mol. The third-order valence-electron chi connectivity index (χ3n) is 4.32. The monoisotopic (exact) mass is 375 g/mol. The molecule has 1 aromatic carbocycles. The van der Waals surface area contributed by atoms with Gasteiger partial charge in [0.05, 0.1) is 10.6 Å². The molecule has 7 heteroatoms. The Labute approximate surface area is 152 Å². The van der Waals surface area contributed by atoms with E-state index in [1.54, 1.807) is 17.4 Å². The van der Waals surface area contributed by atoms with Crippen molar-refractivity contribution in [2.75, 3.05) is 6.54 Å². The van der Waals surface area contributed by atoms with E-state index in [-0.39, 0.29) is 11.4 Å². The van der Waals surface area contributed by atoms with Gasteiger partial charge in [-0.15, -0.1) is 11.3 Å². The molecule has 4 rings (SSSR count). The fraction of sp³-hybridized carbons (Fsp3) is 0.222. The number of hydrogen-bond donors (Lipinski definition) is 1. The fourth-order valence-electron chi connectivity index (χ4n) is 3.05. The second-order valence-corrected chi connectivity index (χ2v) is 7.37. The number of benzene rings is 1. The van der Waals surface area contributed by atoms with Gasteiger partial charge >= 0.3 is 0 Å². The lowest BCUT2D eigenvalue weighted by Gasteiger charge is -2.28. The molecule has 0 fully saturated rings. The zero-order valence-corrected chi connectivity index (χ0v) is 14.8. The molecule has 1 aliphatic heterocycles. The van der Waals surface area contributed by atoms with Crippen molar-refractivity contribution in [3.05, 3.63) is 73.7 Å². The predicted octanol–water partition coefficient (Wildman–Crippen LogP) is 3.85. The second kappa shape index (κ2) is 6.71. The quantitative estimate of drug-likeness (QED) is 0.756. The molecule has 3 aromatic rings. The van der Waals surface area contributed by atoms with Gasteiger partial charge in [-0.3, -0.25) is 9.69 Å². The fourth-order valence-corrected chi connectivity index (χ4v) is 3.95. The van der Waals surface area contributed by atoms with Crippen LogP contribution in [0.2, 0.25) is 5.02 Å². The Bertz CT molecular complexity index is 971. The van der Waals surface area contributed by atoms with Crippen LogP contribution in [-0.2, 0) is 19.5 Å². The molecule has 128 valence electrons. The molecule has 0 saturated heterocycles. The van der Waals surface area contributed by atoms with E-state index in [1.165, 1.54) is 12.1 Å². The second-order valence-electron chi connectivity index (χ2n) is 6.01. The summed E-state index contributed by atoms with van der Waals surface area (Å²) >= 11 is 7.67. The SMILES string of the molecule is O=c1[nH]c(-c2cccs2)nc2c1CCN(Cc1ccc(F)cc1Cl)C2. The molecule has 0 amide bonds. The van der Waals surface area contributed by atoms with Crippen LogP contribution >= 0.6 is 22.9 Å². The van der Waals surface area contributed by atoms with Crippen LogP contribution in [0.3, 0.4) is 0 Å². The first-order chi connectivity index (χ1) is 12.1. The van der Waals surface area contributed by atoms with Gasteiger partial charge in [0, 0.05) is 30.2 Å². The van der Waals surface area contributed by atoms with Crippen molar-refractivity contribution in [1.29, 1.82) is 0 Å². The highest BCUT2D eigenvalue weighted by molar-refractivity contribution is 7.13. The van der Waals surface area contributed by atoms with E-state index in [1.807, 2.05) is 17.5 Å². The summed E-state index contributed by atoms with van der Waals surface area (Å²) in [4.78, 5) is 23.0. The van der Waals surface area contributed by atoms with Crippen molar-refractivity contribution in [2.24, 2.45) is 0 Å². The van der Waals surface area contributed by atoms with Crippen molar-refractivity contribution in [2.45, 2.75) is 19.5 Å². The minimum atomic E-state index is -0.341. The summed E-state index contributed by atoms with van der Waals surface area (Å²) in [5, 5.41) is 2.38. The van der Waals surface area contributed by atoms with Gasteiger partial charge in [-0.1, -0.05) is 23.7 Å². The van der Waals surface area contributed by atoms with Crippen LogP contribution in [0.5, 0.6) is 0 Å². The number of aromatic nitrogens is 2. The Hall–Kier alpha value is -2.02. The van der Waals surface area contributed by atoms with Crippen LogP contribution in [0.15, 0.2) is 40.5 Å². The Morgan fingerprint density at radius 2 is 2.24 bits per heavy atom. The summed E-state index contributed by atoms with van der Waals surface area (Å²) in [6.45, 7) is 1.91. The first kappa shape index (κ1) is 16.4. The van der Waals surface area contributed by atoms with Gasteiger partial charge < -0.3 is 4.98 Å². The number of nitrogens with one attached hydrogen (secondary N) is 1. The predicted molar refractivity (Wildman–Crippen MR) is 97.4 cm³/mol. The first-order valence-electron chi connectivity index (χ1n) is 7.92. The number of fused-ring (bicyclic) bond motifs is 1. The Kier molecular flexibility index (Phi) is 4.41. The minimum Gasteiger partial charge on any atom is -0.306 e. The summed E-state index contributed by atoms with van der Waals surface area (Å²) in [5.74, 6) is 0.270. The smallest absolute Gasteiger partial charge is 0.254 e. The molecule has 0 radical (unpaired) electrons. The van der Waals surface area contributed by atoms with Crippen LogP contribution < -0.4 is 5.56 Å². The van der Waals surface area contributed by atoms with E-state index in [0.717, 1.165) is 28.2 Å². The number of nitrogens with zero attached hydrogens (tertiary/aromatic N) is 2. The topological polar surface area (TPSA) is 49.0 Å². The highest BCUT2D eigenvalue weighted by Crippen LogP contribution is 2.24.